The van der Waals surface area contributed by atoms with Gasteiger partial charge in [0.2, 0.25) is 15.9 Å². The average molecular weight is 392 g/mol. The summed E-state index contributed by atoms with van der Waals surface area (Å²) < 4.78 is 32.1. The summed E-state index contributed by atoms with van der Waals surface area (Å²) in [7, 11) is -3.43. The molecule has 3 rings (SSSR count). The highest BCUT2D eigenvalue weighted by molar-refractivity contribution is 7.88. The number of hydrogen-bond donors (Lipinski definition) is 0. The maximum Gasteiger partial charge on any atom is 0.311 e. The Morgan fingerprint density at radius 2 is 1.74 bits per heavy atom. The van der Waals surface area contributed by atoms with Crippen molar-refractivity contribution in [3.05, 3.63) is 47.2 Å². The number of rotatable bonds is 5. The lowest BCUT2D eigenvalue weighted by molar-refractivity contribution is 0.0655. The van der Waals surface area contributed by atoms with Crippen LogP contribution in [0.1, 0.15) is 47.5 Å². The van der Waals surface area contributed by atoms with Crippen LogP contribution >= 0.6 is 0 Å². The van der Waals surface area contributed by atoms with Gasteiger partial charge in [0.25, 0.3) is 0 Å². The normalized spacial score (nSPS) is 16.1. The Kier molecular flexibility index (Phi) is 5.61. The van der Waals surface area contributed by atoms with Gasteiger partial charge in [-0.3, -0.25) is 4.79 Å². The molecule has 146 valence electrons. The zero-order chi connectivity index (χ0) is 19.6. The molecule has 9 heteroatoms. The van der Waals surface area contributed by atoms with Crippen LogP contribution in [0.4, 0.5) is 0 Å². The molecule has 1 saturated heterocycles. The number of amides is 1. The summed E-state index contributed by atoms with van der Waals surface area (Å²) in [5.74, 6) is 0.0166. The highest BCUT2D eigenvalue weighted by Gasteiger charge is 2.31. The molecular weight excluding hydrogens is 368 g/mol. The van der Waals surface area contributed by atoms with Crippen LogP contribution in [0.25, 0.3) is 0 Å². The fraction of sp³-hybridized carbons (Fsp3) is 0.500. The molecule has 1 fully saturated rings. The smallest absolute Gasteiger partial charge is 0.311 e. The summed E-state index contributed by atoms with van der Waals surface area (Å²) in [6.07, 6.45) is 0. The molecule has 0 atom stereocenters. The van der Waals surface area contributed by atoms with Crippen LogP contribution in [0, 0.1) is 6.92 Å². The van der Waals surface area contributed by atoms with Crippen molar-refractivity contribution < 1.29 is 17.6 Å². The van der Waals surface area contributed by atoms with E-state index >= 15 is 0 Å². The van der Waals surface area contributed by atoms with E-state index in [4.69, 9.17) is 4.42 Å². The topological polar surface area (TPSA) is 96.6 Å². The third-order valence-electron chi connectivity index (χ3n) is 4.51. The number of benzene rings is 1. The molecule has 27 heavy (non-hydrogen) atoms. The van der Waals surface area contributed by atoms with Crippen molar-refractivity contribution in [1.82, 2.24) is 19.4 Å². The van der Waals surface area contributed by atoms with Crippen LogP contribution in [0.5, 0.6) is 0 Å². The fourth-order valence-corrected chi connectivity index (χ4v) is 4.36. The highest BCUT2D eigenvalue weighted by Crippen LogP contribution is 2.17. The number of nitrogens with zero attached hydrogens (tertiary/aromatic N) is 4. The first-order valence-electron chi connectivity index (χ1n) is 8.92. The maximum atomic E-state index is 12.6. The largest absolute Gasteiger partial charge is 0.417 e. The molecule has 0 N–H and O–H groups in total. The van der Waals surface area contributed by atoms with Gasteiger partial charge in [-0.1, -0.05) is 43.7 Å². The highest BCUT2D eigenvalue weighted by atomic mass is 32.2. The minimum atomic E-state index is -3.43. The number of piperazine rings is 1. The van der Waals surface area contributed by atoms with Crippen LogP contribution < -0.4 is 0 Å². The van der Waals surface area contributed by atoms with E-state index in [0.717, 1.165) is 11.1 Å². The second-order valence-electron chi connectivity index (χ2n) is 7.03. The first kappa shape index (κ1) is 19.5. The summed E-state index contributed by atoms with van der Waals surface area (Å²) in [5, 5.41) is 7.67. The SMILES string of the molecule is Cc1ccc(CS(=O)(=O)N2CCN(C(=O)c3nnc(C(C)C)o3)CC2)cc1. The van der Waals surface area contributed by atoms with Crippen molar-refractivity contribution in [3.8, 4) is 0 Å². The third-order valence-corrected chi connectivity index (χ3v) is 6.36. The first-order valence-corrected chi connectivity index (χ1v) is 10.5. The van der Waals surface area contributed by atoms with E-state index in [0.29, 0.717) is 19.0 Å². The Bertz CT molecular complexity index is 898. The summed E-state index contributed by atoms with van der Waals surface area (Å²) in [6.45, 7) is 6.87. The van der Waals surface area contributed by atoms with Crippen LogP contribution in [0.3, 0.4) is 0 Å². The zero-order valence-electron chi connectivity index (χ0n) is 15.8. The van der Waals surface area contributed by atoms with Gasteiger partial charge in [0.05, 0.1) is 5.75 Å². The molecule has 1 aliphatic heterocycles. The molecule has 0 unspecified atom stereocenters. The molecule has 0 saturated carbocycles. The maximum absolute atomic E-state index is 12.6. The van der Waals surface area contributed by atoms with Crippen LogP contribution in [0.15, 0.2) is 28.7 Å². The van der Waals surface area contributed by atoms with E-state index in [1.54, 1.807) is 4.90 Å². The van der Waals surface area contributed by atoms with Gasteiger partial charge in [-0.15, -0.1) is 10.2 Å². The molecule has 0 radical (unpaired) electrons. The van der Waals surface area contributed by atoms with Gasteiger partial charge in [0.15, 0.2) is 0 Å². The lowest BCUT2D eigenvalue weighted by Gasteiger charge is -2.33. The van der Waals surface area contributed by atoms with Gasteiger partial charge in [-0.25, -0.2) is 8.42 Å². The Morgan fingerprint density at radius 3 is 2.30 bits per heavy atom. The molecule has 1 amide bonds. The Hall–Kier alpha value is -2.26. The molecule has 1 aromatic heterocycles. The number of aryl methyl sites for hydroxylation is 1. The van der Waals surface area contributed by atoms with Gasteiger partial charge in [-0.05, 0) is 12.5 Å². The Balaban J connectivity index is 1.60. The molecule has 0 aliphatic carbocycles. The van der Waals surface area contributed by atoms with Crippen molar-refractivity contribution in [2.45, 2.75) is 32.4 Å². The first-order chi connectivity index (χ1) is 12.8. The fourth-order valence-electron chi connectivity index (χ4n) is 2.85. The van der Waals surface area contributed by atoms with E-state index in [1.807, 2.05) is 45.0 Å². The number of sulfonamides is 1. The summed E-state index contributed by atoms with van der Waals surface area (Å²) in [4.78, 5) is 14.0. The molecule has 2 aromatic rings. The summed E-state index contributed by atoms with van der Waals surface area (Å²) in [6, 6.07) is 7.46. The zero-order valence-corrected chi connectivity index (χ0v) is 16.6. The molecular formula is C18H24N4O4S. The van der Waals surface area contributed by atoms with Crippen LogP contribution in [-0.4, -0.2) is 59.9 Å². The molecule has 2 heterocycles. The second-order valence-corrected chi connectivity index (χ2v) is 9.00. The van der Waals surface area contributed by atoms with Gasteiger partial charge < -0.3 is 9.32 Å². The van der Waals surface area contributed by atoms with Crippen molar-refractivity contribution in [2.24, 2.45) is 0 Å². The quantitative estimate of drug-likeness (QED) is 0.770. The summed E-state index contributed by atoms with van der Waals surface area (Å²) in [5.41, 5.74) is 1.84. The third kappa shape index (κ3) is 4.54. The predicted molar refractivity (Wildman–Crippen MR) is 99.7 cm³/mol. The van der Waals surface area contributed by atoms with Crippen molar-refractivity contribution >= 4 is 15.9 Å². The monoisotopic (exact) mass is 392 g/mol. The number of hydrogen-bond acceptors (Lipinski definition) is 6. The van der Waals surface area contributed by atoms with Gasteiger partial charge in [-0.2, -0.15) is 4.31 Å². The average Bonchev–Trinajstić information content (AvgIpc) is 3.13. The van der Waals surface area contributed by atoms with E-state index < -0.39 is 10.0 Å². The van der Waals surface area contributed by atoms with Crippen LogP contribution in [0.2, 0.25) is 0 Å². The second kappa shape index (κ2) is 7.77. The minimum absolute atomic E-state index is 0.0391. The van der Waals surface area contributed by atoms with E-state index in [1.165, 1.54) is 4.31 Å². The van der Waals surface area contributed by atoms with Crippen molar-refractivity contribution in [3.63, 3.8) is 0 Å². The molecule has 1 aliphatic rings. The van der Waals surface area contributed by atoms with Gasteiger partial charge >= 0.3 is 11.8 Å². The van der Waals surface area contributed by atoms with E-state index in [9.17, 15) is 13.2 Å². The Labute approximate surface area is 159 Å². The van der Waals surface area contributed by atoms with E-state index in [2.05, 4.69) is 10.2 Å². The number of carbonyl (C=O) groups excluding carboxylic acids is 1. The van der Waals surface area contributed by atoms with Crippen LogP contribution in [-0.2, 0) is 15.8 Å². The molecule has 8 nitrogen and oxygen atoms in total. The summed E-state index contributed by atoms with van der Waals surface area (Å²) >= 11 is 0. The van der Waals surface area contributed by atoms with Crippen molar-refractivity contribution in [1.29, 1.82) is 0 Å². The standard InChI is InChI=1S/C18H24N4O4S/c1-13(2)16-19-20-17(26-16)18(23)21-8-10-22(11-9-21)27(24,25)12-15-6-4-14(3)5-7-15/h4-7,13H,8-12H2,1-3H3. The molecule has 0 spiro atoms. The molecule has 0 bridgehead atoms. The predicted octanol–water partition coefficient (Wildman–Crippen LogP) is 1.79. The van der Waals surface area contributed by atoms with Crippen molar-refractivity contribution in [2.75, 3.05) is 26.2 Å². The number of aromatic nitrogens is 2. The van der Waals surface area contributed by atoms with Gasteiger partial charge in [0, 0.05) is 32.1 Å². The minimum Gasteiger partial charge on any atom is -0.417 e. The number of carbonyl (C=O) groups is 1. The molecule has 1 aromatic carbocycles. The van der Waals surface area contributed by atoms with E-state index in [-0.39, 0.29) is 36.6 Å². The Morgan fingerprint density at radius 1 is 1.11 bits per heavy atom. The van der Waals surface area contributed by atoms with Gasteiger partial charge in [0.1, 0.15) is 0 Å². The lowest BCUT2D eigenvalue weighted by Crippen LogP contribution is -2.50. The lowest BCUT2D eigenvalue weighted by atomic mass is 10.2.